The number of carbonyl (C=O) groups is 1. The number of H-pyrrole nitrogens is 1. The Bertz CT molecular complexity index is 879. The van der Waals surface area contributed by atoms with Gasteiger partial charge >= 0.3 is 0 Å². The molecule has 1 amide bonds. The number of imidazole rings is 1. The lowest BCUT2D eigenvalue weighted by Crippen LogP contribution is -2.18. The first-order valence-electron chi connectivity index (χ1n) is 8.18. The molecular weight excluding hydrogens is 302 g/mol. The van der Waals surface area contributed by atoms with Crippen molar-refractivity contribution in [3.63, 3.8) is 0 Å². The summed E-state index contributed by atoms with van der Waals surface area (Å²) in [6, 6.07) is 7.67. The van der Waals surface area contributed by atoms with E-state index in [4.69, 9.17) is 0 Å². The van der Waals surface area contributed by atoms with Crippen molar-refractivity contribution in [3.05, 3.63) is 53.6 Å². The molecule has 2 heterocycles. The van der Waals surface area contributed by atoms with E-state index >= 15 is 0 Å². The number of nitrogens with zero attached hydrogens (tertiary/aromatic N) is 3. The number of aryl methyl sites for hydroxylation is 2. The first-order valence-corrected chi connectivity index (χ1v) is 8.18. The molecule has 0 unspecified atom stereocenters. The zero-order valence-corrected chi connectivity index (χ0v) is 13.5. The fourth-order valence-corrected chi connectivity index (χ4v) is 3.32. The van der Waals surface area contributed by atoms with Gasteiger partial charge in [0.1, 0.15) is 11.5 Å². The van der Waals surface area contributed by atoms with E-state index in [1.54, 1.807) is 17.1 Å². The molecule has 1 aromatic carbocycles. The highest BCUT2D eigenvalue weighted by molar-refractivity contribution is 6.04. The maximum absolute atomic E-state index is 12.8. The van der Waals surface area contributed by atoms with Crippen LogP contribution in [-0.4, -0.2) is 25.7 Å². The Balaban J connectivity index is 1.61. The van der Waals surface area contributed by atoms with Gasteiger partial charge in [-0.25, -0.2) is 4.98 Å². The second-order valence-corrected chi connectivity index (χ2v) is 6.08. The Morgan fingerprint density at radius 1 is 1.29 bits per heavy atom. The van der Waals surface area contributed by atoms with Crippen LogP contribution in [0.2, 0.25) is 0 Å². The molecule has 0 saturated carbocycles. The van der Waals surface area contributed by atoms with Gasteiger partial charge in [0.2, 0.25) is 0 Å². The molecule has 0 aliphatic heterocycles. The summed E-state index contributed by atoms with van der Waals surface area (Å²) < 4.78 is 1.71. The van der Waals surface area contributed by atoms with E-state index in [1.165, 1.54) is 0 Å². The smallest absolute Gasteiger partial charge is 0.274 e. The summed E-state index contributed by atoms with van der Waals surface area (Å²) in [5.74, 6) is 0.675. The van der Waals surface area contributed by atoms with Crippen LogP contribution in [0.3, 0.4) is 0 Å². The van der Waals surface area contributed by atoms with Gasteiger partial charge in [0.25, 0.3) is 5.91 Å². The van der Waals surface area contributed by atoms with Crippen LogP contribution in [0.4, 0.5) is 5.69 Å². The average Bonchev–Trinajstić information content (AvgIpc) is 3.21. The Hall–Kier alpha value is -2.89. The van der Waals surface area contributed by atoms with Crippen molar-refractivity contribution in [2.24, 2.45) is 7.05 Å². The first kappa shape index (κ1) is 14.7. The van der Waals surface area contributed by atoms with E-state index in [0.29, 0.717) is 5.69 Å². The first-order chi connectivity index (χ1) is 11.7. The molecule has 0 spiro atoms. The lowest BCUT2D eigenvalue weighted by atomic mass is 9.95. The Kier molecular flexibility index (Phi) is 3.65. The van der Waals surface area contributed by atoms with Crippen LogP contribution in [0, 0.1) is 0 Å². The van der Waals surface area contributed by atoms with Crippen LogP contribution in [0.1, 0.15) is 34.6 Å². The van der Waals surface area contributed by atoms with Crippen molar-refractivity contribution in [2.75, 3.05) is 5.32 Å². The van der Waals surface area contributed by atoms with Gasteiger partial charge < -0.3 is 10.3 Å². The van der Waals surface area contributed by atoms with Gasteiger partial charge in [-0.2, -0.15) is 5.10 Å². The number of nitrogens with one attached hydrogen (secondary N) is 2. The summed E-state index contributed by atoms with van der Waals surface area (Å²) in [4.78, 5) is 20.1. The second-order valence-electron chi connectivity index (χ2n) is 6.08. The van der Waals surface area contributed by atoms with Crippen molar-refractivity contribution in [1.29, 1.82) is 0 Å². The summed E-state index contributed by atoms with van der Waals surface area (Å²) in [6.07, 6.45) is 7.65. The number of rotatable bonds is 3. The quantitative estimate of drug-likeness (QED) is 0.779. The van der Waals surface area contributed by atoms with Gasteiger partial charge in [0.05, 0.1) is 5.69 Å². The van der Waals surface area contributed by atoms with Crippen LogP contribution in [-0.2, 0) is 19.9 Å². The molecule has 122 valence electrons. The minimum absolute atomic E-state index is 0.107. The van der Waals surface area contributed by atoms with Crippen LogP contribution < -0.4 is 5.32 Å². The number of fused-ring (bicyclic) bond motifs is 1. The molecule has 6 heteroatoms. The van der Waals surface area contributed by atoms with Crippen LogP contribution in [0.15, 0.2) is 36.7 Å². The Labute approximate surface area is 139 Å². The van der Waals surface area contributed by atoms with E-state index in [9.17, 15) is 4.79 Å². The third-order valence-electron chi connectivity index (χ3n) is 4.43. The van der Waals surface area contributed by atoms with Crippen LogP contribution >= 0.6 is 0 Å². The Morgan fingerprint density at radius 2 is 2.17 bits per heavy atom. The number of hydrogen-bond donors (Lipinski definition) is 2. The van der Waals surface area contributed by atoms with Gasteiger partial charge in [-0.3, -0.25) is 9.48 Å². The molecule has 6 nitrogen and oxygen atoms in total. The zero-order valence-electron chi connectivity index (χ0n) is 13.5. The monoisotopic (exact) mass is 321 g/mol. The zero-order chi connectivity index (χ0) is 16.5. The summed E-state index contributed by atoms with van der Waals surface area (Å²) in [6.45, 7) is 0. The highest BCUT2D eigenvalue weighted by atomic mass is 16.2. The number of anilines is 1. The molecule has 1 aliphatic carbocycles. The molecule has 2 N–H and O–H groups in total. The van der Waals surface area contributed by atoms with Gasteiger partial charge in [-0.05, 0) is 37.8 Å². The second kappa shape index (κ2) is 5.96. The third-order valence-corrected chi connectivity index (χ3v) is 4.43. The highest BCUT2D eigenvalue weighted by Gasteiger charge is 2.23. The number of carbonyl (C=O) groups excluding carboxylic acids is 1. The molecule has 1 aliphatic rings. The predicted molar refractivity (Wildman–Crippen MR) is 91.8 cm³/mol. The van der Waals surface area contributed by atoms with Crippen LogP contribution in [0.5, 0.6) is 0 Å². The Morgan fingerprint density at radius 3 is 3.00 bits per heavy atom. The highest BCUT2D eigenvalue weighted by Crippen LogP contribution is 2.25. The van der Waals surface area contributed by atoms with Crippen molar-refractivity contribution < 1.29 is 4.79 Å². The van der Waals surface area contributed by atoms with Gasteiger partial charge in [-0.15, -0.1) is 0 Å². The van der Waals surface area contributed by atoms with Crippen molar-refractivity contribution in [3.8, 4) is 11.4 Å². The number of hydrogen-bond acceptors (Lipinski definition) is 3. The fourth-order valence-electron chi connectivity index (χ4n) is 3.32. The third kappa shape index (κ3) is 2.60. The largest absolute Gasteiger partial charge is 0.345 e. The van der Waals surface area contributed by atoms with E-state index in [0.717, 1.165) is 54.0 Å². The molecule has 0 radical (unpaired) electrons. The minimum atomic E-state index is -0.107. The summed E-state index contributed by atoms with van der Waals surface area (Å²) in [5, 5.41) is 7.51. The molecular formula is C18H19N5O. The normalized spacial score (nSPS) is 13.5. The lowest BCUT2D eigenvalue weighted by molar-refractivity contribution is 0.101. The van der Waals surface area contributed by atoms with E-state index in [2.05, 4.69) is 20.4 Å². The summed E-state index contributed by atoms with van der Waals surface area (Å²) in [7, 11) is 1.84. The van der Waals surface area contributed by atoms with Crippen molar-refractivity contribution >= 4 is 11.6 Å². The average molecular weight is 321 g/mol. The molecule has 4 rings (SSSR count). The molecule has 0 bridgehead atoms. The van der Waals surface area contributed by atoms with E-state index in [-0.39, 0.29) is 5.91 Å². The number of amides is 1. The summed E-state index contributed by atoms with van der Waals surface area (Å²) >= 11 is 0. The van der Waals surface area contributed by atoms with Gasteiger partial charge in [0, 0.05) is 36.3 Å². The molecule has 0 saturated heterocycles. The van der Waals surface area contributed by atoms with Gasteiger partial charge in [-0.1, -0.05) is 12.1 Å². The predicted octanol–water partition coefficient (Wildman–Crippen LogP) is 2.94. The summed E-state index contributed by atoms with van der Waals surface area (Å²) in [5.41, 5.74) is 4.53. The molecule has 0 fully saturated rings. The molecule has 0 atom stereocenters. The fraction of sp³-hybridized carbons (Fsp3) is 0.278. The standard InChI is InChI=1S/C18H19N5O/c1-23-16(14-7-2-3-8-15(14)22-23)18(24)21-13-6-4-5-12(11-13)17-19-9-10-20-17/h4-6,9-11H,2-3,7-8H2,1H3,(H,19,20)(H,21,24). The maximum Gasteiger partial charge on any atom is 0.274 e. The molecule has 24 heavy (non-hydrogen) atoms. The molecule has 3 aromatic rings. The topological polar surface area (TPSA) is 75.6 Å². The van der Waals surface area contributed by atoms with Crippen LogP contribution in [0.25, 0.3) is 11.4 Å². The molecule has 2 aromatic heterocycles. The van der Waals surface area contributed by atoms with Gasteiger partial charge in [0.15, 0.2) is 0 Å². The number of aromatic nitrogens is 4. The maximum atomic E-state index is 12.8. The lowest BCUT2D eigenvalue weighted by Gasteiger charge is -2.12. The van der Waals surface area contributed by atoms with E-state index < -0.39 is 0 Å². The van der Waals surface area contributed by atoms with E-state index in [1.807, 2.05) is 31.3 Å². The minimum Gasteiger partial charge on any atom is -0.345 e. The SMILES string of the molecule is Cn1nc2c(c1C(=O)Nc1cccc(-c3ncc[nH]3)c1)CCCC2. The van der Waals surface area contributed by atoms with Crippen molar-refractivity contribution in [1.82, 2.24) is 19.7 Å². The van der Waals surface area contributed by atoms with Crippen molar-refractivity contribution in [2.45, 2.75) is 25.7 Å². The number of benzene rings is 1. The number of aromatic amines is 1.